The summed E-state index contributed by atoms with van der Waals surface area (Å²) in [6.07, 6.45) is 0.901. The molecule has 0 atom stereocenters. The van der Waals surface area contributed by atoms with Gasteiger partial charge in [0.2, 0.25) is 0 Å². The summed E-state index contributed by atoms with van der Waals surface area (Å²) in [6.45, 7) is 6.29. The van der Waals surface area contributed by atoms with Crippen LogP contribution in [0.2, 0.25) is 0 Å². The van der Waals surface area contributed by atoms with E-state index in [0.29, 0.717) is 11.1 Å². The molecular weight excluding hydrogens is 182 g/mol. The van der Waals surface area contributed by atoms with Crippen LogP contribution in [0.4, 0.5) is 5.82 Å². The molecule has 13 heavy (non-hydrogen) atoms. The van der Waals surface area contributed by atoms with Crippen molar-refractivity contribution >= 4 is 17.6 Å². The number of hydrogen-bond donors (Lipinski definition) is 1. The second-order valence-corrected chi connectivity index (χ2v) is 4.63. The summed E-state index contributed by atoms with van der Waals surface area (Å²) in [5.74, 6) is 0.565. The molecule has 72 valence electrons. The molecule has 0 spiro atoms. The van der Waals surface area contributed by atoms with Gasteiger partial charge in [0.05, 0.1) is 0 Å². The van der Waals surface area contributed by atoms with Crippen LogP contribution in [0.1, 0.15) is 26.5 Å². The summed E-state index contributed by atoms with van der Waals surface area (Å²) in [5, 5.41) is 1.28. The van der Waals surface area contributed by atoms with E-state index in [2.05, 4.69) is 30.7 Å². The Bertz CT molecular complexity index is 286. The lowest BCUT2D eigenvalue weighted by atomic mass is 10.3. The summed E-state index contributed by atoms with van der Waals surface area (Å²) >= 11 is 1.64. The summed E-state index contributed by atoms with van der Waals surface area (Å²) in [6, 6.07) is 1.82. The zero-order chi connectivity index (χ0) is 9.84. The minimum Gasteiger partial charge on any atom is -0.384 e. The molecule has 0 saturated carbocycles. The number of nitrogens with zero attached hydrogens (tertiary/aromatic N) is 2. The second kappa shape index (κ2) is 4.46. The van der Waals surface area contributed by atoms with Crippen molar-refractivity contribution in [3.63, 3.8) is 0 Å². The van der Waals surface area contributed by atoms with E-state index in [1.807, 2.05) is 6.07 Å². The minimum absolute atomic E-state index is 0.492. The molecule has 4 heteroatoms. The first-order chi connectivity index (χ1) is 6.11. The molecule has 1 aromatic heterocycles. The molecule has 1 heterocycles. The molecule has 0 unspecified atom stereocenters. The zero-order valence-corrected chi connectivity index (χ0v) is 9.06. The van der Waals surface area contributed by atoms with Crippen LogP contribution in [0.15, 0.2) is 11.2 Å². The third kappa shape index (κ3) is 3.22. The summed E-state index contributed by atoms with van der Waals surface area (Å²) < 4.78 is 0. The number of aromatic nitrogens is 2. The molecule has 3 nitrogen and oxygen atoms in total. The van der Waals surface area contributed by atoms with Crippen molar-refractivity contribution < 1.29 is 0 Å². The summed E-state index contributed by atoms with van der Waals surface area (Å²) in [7, 11) is 0. The van der Waals surface area contributed by atoms with Gasteiger partial charge in [-0.05, 0) is 6.42 Å². The number of anilines is 1. The lowest BCUT2D eigenvalue weighted by Gasteiger charge is -2.05. The summed E-state index contributed by atoms with van der Waals surface area (Å²) in [5.41, 5.74) is 6.66. The maximum Gasteiger partial charge on any atom is 0.189 e. The number of rotatable bonds is 3. The highest BCUT2D eigenvalue weighted by Crippen LogP contribution is 2.20. The Balaban J connectivity index is 2.88. The first-order valence-electron chi connectivity index (χ1n) is 4.42. The molecule has 0 fully saturated rings. The van der Waals surface area contributed by atoms with Crippen LogP contribution in [0.3, 0.4) is 0 Å². The highest BCUT2D eigenvalue weighted by Gasteiger charge is 2.04. The van der Waals surface area contributed by atoms with Crippen LogP contribution >= 0.6 is 11.8 Å². The van der Waals surface area contributed by atoms with Gasteiger partial charge in [-0.3, -0.25) is 0 Å². The van der Waals surface area contributed by atoms with E-state index in [1.54, 1.807) is 11.8 Å². The lowest BCUT2D eigenvalue weighted by Crippen LogP contribution is -2.00. The molecule has 0 aliphatic heterocycles. The van der Waals surface area contributed by atoms with E-state index >= 15 is 0 Å². The molecular formula is C9H15N3S. The van der Waals surface area contributed by atoms with Crippen LogP contribution in [0.25, 0.3) is 0 Å². The fraction of sp³-hybridized carbons (Fsp3) is 0.556. The number of nitrogen functional groups attached to an aromatic ring is 1. The standard InChI is InChI=1S/C9H15N3S/c1-4-7-5-8(10)12-9(11-7)13-6(2)3/h5-6H,4H2,1-3H3,(H2,10,11,12). The molecule has 1 aromatic rings. The molecule has 0 aliphatic carbocycles. The molecule has 0 aliphatic rings. The van der Waals surface area contributed by atoms with E-state index < -0.39 is 0 Å². The van der Waals surface area contributed by atoms with Crippen LogP contribution < -0.4 is 5.73 Å². The minimum atomic E-state index is 0.492. The number of aryl methyl sites for hydroxylation is 1. The zero-order valence-electron chi connectivity index (χ0n) is 8.24. The molecule has 0 bridgehead atoms. The Kier molecular flexibility index (Phi) is 3.54. The van der Waals surface area contributed by atoms with E-state index in [-0.39, 0.29) is 0 Å². The van der Waals surface area contributed by atoms with Gasteiger partial charge in [-0.2, -0.15) is 0 Å². The van der Waals surface area contributed by atoms with Gasteiger partial charge < -0.3 is 5.73 Å². The Morgan fingerprint density at radius 2 is 2.15 bits per heavy atom. The lowest BCUT2D eigenvalue weighted by molar-refractivity contribution is 0.891. The molecule has 1 rings (SSSR count). The highest BCUT2D eigenvalue weighted by atomic mass is 32.2. The normalized spacial score (nSPS) is 10.8. The van der Waals surface area contributed by atoms with Gasteiger partial charge in [-0.15, -0.1) is 0 Å². The Morgan fingerprint density at radius 3 is 2.69 bits per heavy atom. The van der Waals surface area contributed by atoms with Crippen LogP contribution in [-0.4, -0.2) is 15.2 Å². The average molecular weight is 197 g/mol. The fourth-order valence-electron chi connectivity index (χ4n) is 0.938. The number of hydrogen-bond acceptors (Lipinski definition) is 4. The molecule has 0 amide bonds. The Morgan fingerprint density at radius 1 is 1.46 bits per heavy atom. The third-order valence-corrected chi connectivity index (χ3v) is 2.35. The van der Waals surface area contributed by atoms with Crippen molar-refractivity contribution in [3.8, 4) is 0 Å². The summed E-state index contributed by atoms with van der Waals surface area (Å²) in [4.78, 5) is 8.52. The van der Waals surface area contributed by atoms with Crippen molar-refractivity contribution in [1.29, 1.82) is 0 Å². The SMILES string of the molecule is CCc1cc(N)nc(SC(C)C)n1. The third-order valence-electron chi connectivity index (χ3n) is 1.48. The van der Waals surface area contributed by atoms with Crippen molar-refractivity contribution in [2.75, 3.05) is 5.73 Å². The van der Waals surface area contributed by atoms with Crippen molar-refractivity contribution in [3.05, 3.63) is 11.8 Å². The quantitative estimate of drug-likeness (QED) is 0.595. The van der Waals surface area contributed by atoms with E-state index in [9.17, 15) is 0 Å². The van der Waals surface area contributed by atoms with Crippen LogP contribution in [-0.2, 0) is 6.42 Å². The number of thioether (sulfide) groups is 1. The van der Waals surface area contributed by atoms with Gasteiger partial charge in [0.25, 0.3) is 0 Å². The smallest absolute Gasteiger partial charge is 0.189 e. The second-order valence-electron chi connectivity index (χ2n) is 3.09. The first-order valence-corrected chi connectivity index (χ1v) is 5.30. The maximum atomic E-state index is 5.65. The Hall–Kier alpha value is -0.770. The molecule has 0 radical (unpaired) electrons. The molecule has 0 aromatic carbocycles. The predicted molar refractivity (Wildman–Crippen MR) is 56.8 cm³/mol. The Labute approximate surface area is 83.2 Å². The van der Waals surface area contributed by atoms with Gasteiger partial charge >= 0.3 is 0 Å². The van der Waals surface area contributed by atoms with Gasteiger partial charge in [0, 0.05) is 17.0 Å². The first kappa shape index (κ1) is 10.3. The van der Waals surface area contributed by atoms with Gasteiger partial charge in [-0.25, -0.2) is 9.97 Å². The van der Waals surface area contributed by atoms with Crippen molar-refractivity contribution in [2.45, 2.75) is 37.6 Å². The van der Waals surface area contributed by atoms with Gasteiger partial charge in [-0.1, -0.05) is 32.5 Å². The highest BCUT2D eigenvalue weighted by molar-refractivity contribution is 7.99. The van der Waals surface area contributed by atoms with E-state index in [4.69, 9.17) is 5.73 Å². The molecule has 2 N–H and O–H groups in total. The van der Waals surface area contributed by atoms with Crippen LogP contribution in [0, 0.1) is 0 Å². The van der Waals surface area contributed by atoms with Gasteiger partial charge in [0.15, 0.2) is 5.16 Å². The topological polar surface area (TPSA) is 51.8 Å². The van der Waals surface area contributed by atoms with Crippen LogP contribution in [0.5, 0.6) is 0 Å². The predicted octanol–water partition coefficient (Wildman–Crippen LogP) is 2.12. The fourth-order valence-corrected chi connectivity index (χ4v) is 1.69. The van der Waals surface area contributed by atoms with Crippen molar-refractivity contribution in [1.82, 2.24) is 9.97 Å². The largest absolute Gasteiger partial charge is 0.384 e. The van der Waals surface area contributed by atoms with E-state index in [0.717, 1.165) is 17.3 Å². The van der Waals surface area contributed by atoms with Gasteiger partial charge in [0.1, 0.15) is 5.82 Å². The monoisotopic (exact) mass is 197 g/mol. The number of nitrogens with two attached hydrogens (primary N) is 1. The maximum absolute atomic E-state index is 5.65. The molecule has 0 saturated heterocycles. The average Bonchev–Trinajstić information content (AvgIpc) is 2.01. The van der Waals surface area contributed by atoms with E-state index in [1.165, 1.54) is 0 Å². The van der Waals surface area contributed by atoms with Crippen molar-refractivity contribution in [2.24, 2.45) is 0 Å².